The van der Waals surface area contributed by atoms with Gasteiger partial charge in [-0.25, -0.2) is 0 Å². The molecule has 0 atom stereocenters. The lowest BCUT2D eigenvalue weighted by Gasteiger charge is -2.21. The van der Waals surface area contributed by atoms with Crippen LogP contribution in [0.25, 0.3) is 82.4 Å². The van der Waals surface area contributed by atoms with Crippen LogP contribution in [0.2, 0.25) is 0 Å². The van der Waals surface area contributed by atoms with Crippen molar-refractivity contribution in [1.82, 2.24) is 4.57 Å². The summed E-state index contributed by atoms with van der Waals surface area (Å²) in [5, 5.41) is 7.85. The molecule has 2 heterocycles. The van der Waals surface area contributed by atoms with E-state index >= 15 is 0 Å². The number of aromatic nitrogens is 1. The average Bonchev–Trinajstić information content (AvgIpc) is 3.47. The van der Waals surface area contributed by atoms with Crippen LogP contribution >= 0.6 is 11.8 Å². The van der Waals surface area contributed by atoms with Gasteiger partial charge in [0.25, 0.3) is 0 Å². The van der Waals surface area contributed by atoms with Crippen molar-refractivity contribution in [3.8, 4) is 39.1 Å². The summed E-state index contributed by atoms with van der Waals surface area (Å²) in [6.45, 7) is 0. The molecule has 0 bridgehead atoms. The third kappa shape index (κ3) is 3.77. The Morgan fingerprint density at radius 1 is 0.348 bits per heavy atom. The predicted octanol–water partition coefficient (Wildman–Crippen LogP) is 12.6. The topological polar surface area (TPSA) is 4.93 Å². The van der Waals surface area contributed by atoms with Crippen LogP contribution in [0, 0.1) is 0 Å². The molecule has 0 spiro atoms. The Labute approximate surface area is 271 Å². The molecule has 1 aliphatic rings. The highest BCUT2D eigenvalue weighted by molar-refractivity contribution is 7.99. The van der Waals surface area contributed by atoms with Crippen molar-refractivity contribution in [3.63, 3.8) is 0 Å². The molecule has 0 saturated carbocycles. The number of benzene rings is 8. The van der Waals surface area contributed by atoms with Crippen LogP contribution < -0.4 is 0 Å². The van der Waals surface area contributed by atoms with Crippen LogP contribution in [0.3, 0.4) is 0 Å². The first-order valence-electron chi connectivity index (χ1n) is 15.8. The third-order valence-corrected chi connectivity index (χ3v) is 10.8. The summed E-state index contributed by atoms with van der Waals surface area (Å²) in [6, 6.07) is 60.1. The Morgan fingerprint density at radius 2 is 1.02 bits per heavy atom. The first-order valence-corrected chi connectivity index (χ1v) is 16.6. The Bertz CT molecular complexity index is 2640. The lowest BCUT2D eigenvalue weighted by Crippen LogP contribution is -1.94. The van der Waals surface area contributed by atoms with Gasteiger partial charge in [0, 0.05) is 31.6 Å². The molecule has 0 radical (unpaired) electrons. The minimum atomic E-state index is 1.17. The highest BCUT2D eigenvalue weighted by Gasteiger charge is 2.20. The molecular weight excluding hydrogens is 575 g/mol. The lowest BCUT2D eigenvalue weighted by atomic mass is 9.92. The normalized spacial score (nSPS) is 12.3. The first kappa shape index (κ1) is 25.7. The van der Waals surface area contributed by atoms with Gasteiger partial charge in [-0.3, -0.25) is 0 Å². The number of fused-ring (bicyclic) bond motifs is 7. The molecule has 10 rings (SSSR count). The van der Waals surface area contributed by atoms with Gasteiger partial charge in [0.15, 0.2) is 0 Å². The molecule has 2 heteroatoms. The summed E-state index contributed by atoms with van der Waals surface area (Å²) in [5.41, 5.74) is 11.3. The molecular formula is C44H27NS. The quantitative estimate of drug-likeness (QED) is 0.195. The van der Waals surface area contributed by atoms with Crippen LogP contribution in [0.5, 0.6) is 0 Å². The Balaban J connectivity index is 1.03. The van der Waals surface area contributed by atoms with E-state index in [4.69, 9.17) is 0 Å². The molecule has 214 valence electrons. The summed E-state index contributed by atoms with van der Waals surface area (Å²) in [4.78, 5) is 2.67. The average molecular weight is 602 g/mol. The monoisotopic (exact) mass is 601 g/mol. The minimum Gasteiger partial charge on any atom is -0.309 e. The van der Waals surface area contributed by atoms with Crippen LogP contribution in [0.4, 0.5) is 0 Å². The summed E-state index contributed by atoms with van der Waals surface area (Å²) < 4.78 is 2.40. The van der Waals surface area contributed by atoms with E-state index in [-0.39, 0.29) is 0 Å². The second-order valence-electron chi connectivity index (χ2n) is 12.1. The smallest absolute Gasteiger partial charge is 0.0547 e. The van der Waals surface area contributed by atoms with Crippen molar-refractivity contribution < 1.29 is 0 Å². The second kappa shape index (κ2) is 9.97. The maximum absolute atomic E-state index is 2.40. The van der Waals surface area contributed by atoms with Crippen molar-refractivity contribution in [2.45, 2.75) is 9.79 Å². The third-order valence-electron chi connectivity index (χ3n) is 9.62. The molecule has 9 aromatic rings. The van der Waals surface area contributed by atoms with Crippen LogP contribution in [-0.2, 0) is 0 Å². The molecule has 0 saturated heterocycles. The van der Waals surface area contributed by atoms with Gasteiger partial charge in [-0.2, -0.15) is 0 Å². The largest absolute Gasteiger partial charge is 0.309 e. The van der Waals surface area contributed by atoms with E-state index in [0.717, 1.165) is 0 Å². The summed E-state index contributed by atoms with van der Waals surface area (Å²) >= 11 is 1.88. The van der Waals surface area contributed by atoms with E-state index < -0.39 is 0 Å². The minimum absolute atomic E-state index is 1.17. The standard InChI is InChI=1S/C44H27NS/c1-2-9-34-30(8-1)22-26-40-43(34)38-11-3-5-14-39(38)45(40)32-23-20-29(21-24-32)28-16-18-31(19-17-28)33-25-27-42-44-36(33)12-7-13-37(44)35-10-4-6-15-41(35)46-42/h1-27H. The molecule has 0 N–H and O–H groups in total. The fourth-order valence-corrected chi connectivity index (χ4v) is 8.62. The van der Waals surface area contributed by atoms with Gasteiger partial charge < -0.3 is 4.57 Å². The molecule has 1 aromatic heterocycles. The maximum Gasteiger partial charge on any atom is 0.0547 e. The van der Waals surface area contributed by atoms with Crippen LogP contribution in [0.15, 0.2) is 174 Å². The zero-order chi connectivity index (χ0) is 30.2. The molecule has 8 aromatic carbocycles. The highest BCUT2D eigenvalue weighted by atomic mass is 32.2. The van der Waals surface area contributed by atoms with Gasteiger partial charge in [-0.1, -0.05) is 139 Å². The van der Waals surface area contributed by atoms with Crippen molar-refractivity contribution >= 4 is 55.1 Å². The van der Waals surface area contributed by atoms with Gasteiger partial charge in [-0.05, 0) is 85.9 Å². The Morgan fingerprint density at radius 3 is 1.89 bits per heavy atom. The molecule has 1 nitrogen and oxygen atoms in total. The first-order chi connectivity index (χ1) is 22.8. The molecule has 0 aliphatic carbocycles. The molecule has 0 unspecified atom stereocenters. The molecule has 0 amide bonds. The lowest BCUT2D eigenvalue weighted by molar-refractivity contribution is 1.18. The molecule has 0 fully saturated rings. The van der Waals surface area contributed by atoms with E-state index in [9.17, 15) is 0 Å². The second-order valence-corrected chi connectivity index (χ2v) is 13.2. The fraction of sp³-hybridized carbons (Fsp3) is 0. The van der Waals surface area contributed by atoms with E-state index in [2.05, 4.69) is 168 Å². The van der Waals surface area contributed by atoms with Crippen molar-refractivity contribution in [1.29, 1.82) is 0 Å². The van der Waals surface area contributed by atoms with Gasteiger partial charge in [-0.15, -0.1) is 0 Å². The van der Waals surface area contributed by atoms with E-state index in [0.29, 0.717) is 0 Å². The van der Waals surface area contributed by atoms with Crippen molar-refractivity contribution in [2.24, 2.45) is 0 Å². The summed E-state index contributed by atoms with van der Waals surface area (Å²) in [5.74, 6) is 0. The number of nitrogens with zero attached hydrogens (tertiary/aromatic N) is 1. The van der Waals surface area contributed by atoms with Crippen molar-refractivity contribution in [3.05, 3.63) is 164 Å². The number of para-hydroxylation sites is 1. The van der Waals surface area contributed by atoms with Gasteiger partial charge in [0.05, 0.1) is 11.0 Å². The fourth-order valence-electron chi connectivity index (χ4n) is 7.49. The number of hydrogen-bond donors (Lipinski definition) is 0. The number of rotatable bonds is 3. The molecule has 1 aliphatic heterocycles. The predicted molar refractivity (Wildman–Crippen MR) is 196 cm³/mol. The SMILES string of the molecule is c1ccc2c(c1)Sc1ccc(-c3ccc(-c4ccc(-n5c6ccccc6c6c7ccccc7ccc65)cc4)cc3)c3cccc-2c13. The zero-order valence-electron chi connectivity index (χ0n) is 24.9. The van der Waals surface area contributed by atoms with Crippen molar-refractivity contribution in [2.75, 3.05) is 0 Å². The van der Waals surface area contributed by atoms with Gasteiger partial charge in [0.1, 0.15) is 0 Å². The van der Waals surface area contributed by atoms with E-state index in [1.54, 1.807) is 0 Å². The highest BCUT2D eigenvalue weighted by Crippen LogP contribution is 2.49. The number of hydrogen-bond acceptors (Lipinski definition) is 1. The Hall–Kier alpha value is -5.57. The van der Waals surface area contributed by atoms with Gasteiger partial charge >= 0.3 is 0 Å². The van der Waals surface area contributed by atoms with Crippen LogP contribution in [-0.4, -0.2) is 4.57 Å². The van der Waals surface area contributed by atoms with E-state index in [1.165, 1.54) is 92.2 Å². The molecule has 46 heavy (non-hydrogen) atoms. The zero-order valence-corrected chi connectivity index (χ0v) is 25.8. The maximum atomic E-state index is 2.40. The van der Waals surface area contributed by atoms with E-state index in [1.807, 2.05) is 11.8 Å². The Kier molecular flexibility index (Phi) is 5.58. The summed E-state index contributed by atoms with van der Waals surface area (Å²) in [6.07, 6.45) is 0. The van der Waals surface area contributed by atoms with Crippen LogP contribution in [0.1, 0.15) is 0 Å². The van der Waals surface area contributed by atoms with Gasteiger partial charge in [0.2, 0.25) is 0 Å². The summed E-state index contributed by atoms with van der Waals surface area (Å²) in [7, 11) is 0.